The van der Waals surface area contributed by atoms with Gasteiger partial charge in [-0.3, -0.25) is 9.59 Å². The van der Waals surface area contributed by atoms with Crippen LogP contribution in [0.5, 0.6) is 0 Å². The van der Waals surface area contributed by atoms with Crippen molar-refractivity contribution in [1.29, 1.82) is 0 Å². The molecule has 7 heteroatoms. The van der Waals surface area contributed by atoms with Crippen LogP contribution in [0.4, 0.5) is 0 Å². The van der Waals surface area contributed by atoms with Crippen molar-refractivity contribution in [2.45, 2.75) is 26.3 Å². The van der Waals surface area contributed by atoms with Gasteiger partial charge in [0.15, 0.2) is 0 Å². The monoisotopic (exact) mass is 344 g/mol. The van der Waals surface area contributed by atoms with Crippen molar-refractivity contribution in [2.24, 2.45) is 0 Å². The number of furan rings is 1. The molecule has 132 valence electrons. The van der Waals surface area contributed by atoms with Crippen LogP contribution in [-0.4, -0.2) is 29.4 Å². The van der Waals surface area contributed by atoms with E-state index < -0.39 is 5.97 Å². The molecule has 0 aliphatic heterocycles. The van der Waals surface area contributed by atoms with Crippen LogP contribution in [0.25, 0.3) is 0 Å². The summed E-state index contributed by atoms with van der Waals surface area (Å²) in [7, 11) is 0. The molecule has 25 heavy (non-hydrogen) atoms. The lowest BCUT2D eigenvalue weighted by molar-refractivity contribution is -0.121. The highest BCUT2D eigenvalue weighted by atomic mass is 16.4. The lowest BCUT2D eigenvalue weighted by Crippen LogP contribution is -2.27. The largest absolute Gasteiger partial charge is 0.478 e. The van der Waals surface area contributed by atoms with Crippen LogP contribution in [-0.2, 0) is 11.3 Å². The van der Waals surface area contributed by atoms with E-state index in [9.17, 15) is 14.4 Å². The first kappa shape index (κ1) is 18.3. The minimum absolute atomic E-state index is 0.0906. The smallest absolute Gasteiger partial charge is 0.339 e. The van der Waals surface area contributed by atoms with Crippen molar-refractivity contribution in [3.05, 3.63) is 59.0 Å². The molecule has 2 aromatic rings. The van der Waals surface area contributed by atoms with Crippen molar-refractivity contribution < 1.29 is 23.9 Å². The minimum atomic E-state index is -1.06. The van der Waals surface area contributed by atoms with Gasteiger partial charge in [-0.15, -0.1) is 0 Å². The number of carboxylic acid groups (broad SMARTS) is 1. The van der Waals surface area contributed by atoms with E-state index in [1.54, 1.807) is 31.2 Å². The molecule has 1 aromatic carbocycles. The third kappa shape index (κ3) is 5.49. The Kier molecular flexibility index (Phi) is 6.33. The molecule has 2 rings (SSSR count). The molecule has 1 aromatic heterocycles. The Morgan fingerprint density at radius 3 is 2.48 bits per heavy atom. The van der Waals surface area contributed by atoms with Crippen molar-refractivity contribution in [3.8, 4) is 0 Å². The number of amides is 2. The van der Waals surface area contributed by atoms with Gasteiger partial charge in [0.2, 0.25) is 5.91 Å². The number of aromatic carboxylic acids is 1. The van der Waals surface area contributed by atoms with Gasteiger partial charge in [0, 0.05) is 18.5 Å². The van der Waals surface area contributed by atoms with Crippen LogP contribution in [0, 0.1) is 6.92 Å². The van der Waals surface area contributed by atoms with Gasteiger partial charge in [-0.2, -0.15) is 0 Å². The van der Waals surface area contributed by atoms with E-state index in [-0.39, 0.29) is 30.3 Å². The summed E-state index contributed by atoms with van der Waals surface area (Å²) in [5, 5.41) is 14.4. The molecule has 0 bridgehead atoms. The Bertz CT molecular complexity index is 752. The zero-order chi connectivity index (χ0) is 18.2. The molecule has 1 heterocycles. The van der Waals surface area contributed by atoms with Crippen LogP contribution in [0.15, 0.2) is 40.8 Å². The number of benzene rings is 1. The van der Waals surface area contributed by atoms with Crippen LogP contribution in [0.2, 0.25) is 0 Å². The van der Waals surface area contributed by atoms with Gasteiger partial charge in [0.1, 0.15) is 17.1 Å². The van der Waals surface area contributed by atoms with E-state index in [4.69, 9.17) is 9.52 Å². The summed E-state index contributed by atoms with van der Waals surface area (Å²) >= 11 is 0. The van der Waals surface area contributed by atoms with Gasteiger partial charge in [-0.1, -0.05) is 18.2 Å². The number of carboxylic acids is 1. The van der Waals surface area contributed by atoms with Crippen LogP contribution in [0.3, 0.4) is 0 Å². The molecule has 0 spiro atoms. The standard InChI is InChI=1S/C18H20N2O5/c1-12-15(18(23)24)10-14(25-12)11-20-16(21)8-5-9-19-17(22)13-6-3-2-4-7-13/h2-4,6-7,10H,5,8-9,11H2,1H3,(H,19,22)(H,20,21)(H,23,24). The lowest BCUT2D eigenvalue weighted by Gasteiger charge is -2.06. The fourth-order valence-electron chi connectivity index (χ4n) is 2.26. The quantitative estimate of drug-likeness (QED) is 0.636. The number of aryl methyl sites for hydroxylation is 1. The first-order valence-corrected chi connectivity index (χ1v) is 7.90. The molecule has 2 amide bonds. The fraction of sp³-hybridized carbons (Fsp3) is 0.278. The van der Waals surface area contributed by atoms with Crippen LogP contribution in [0.1, 0.15) is 45.1 Å². The SMILES string of the molecule is Cc1oc(CNC(=O)CCCNC(=O)c2ccccc2)cc1C(=O)O. The van der Waals surface area contributed by atoms with Gasteiger partial charge in [-0.25, -0.2) is 4.79 Å². The van der Waals surface area contributed by atoms with Crippen molar-refractivity contribution in [1.82, 2.24) is 10.6 Å². The number of hydrogen-bond acceptors (Lipinski definition) is 4. The predicted molar refractivity (Wildman–Crippen MR) is 90.3 cm³/mol. The second-order valence-electron chi connectivity index (χ2n) is 5.49. The van der Waals surface area contributed by atoms with Crippen LogP contribution < -0.4 is 10.6 Å². The molecule has 3 N–H and O–H groups in total. The number of rotatable bonds is 8. The Hall–Kier alpha value is -3.09. The summed E-state index contributed by atoms with van der Waals surface area (Å²) in [6, 6.07) is 10.2. The second-order valence-corrected chi connectivity index (χ2v) is 5.49. The lowest BCUT2D eigenvalue weighted by atomic mass is 10.2. The average molecular weight is 344 g/mol. The average Bonchev–Trinajstić information content (AvgIpc) is 2.98. The Balaban J connectivity index is 1.67. The molecular formula is C18H20N2O5. The van der Waals surface area contributed by atoms with E-state index in [1.807, 2.05) is 6.07 Å². The summed E-state index contributed by atoms with van der Waals surface area (Å²) in [6.07, 6.45) is 0.752. The molecular weight excluding hydrogens is 324 g/mol. The summed E-state index contributed by atoms with van der Waals surface area (Å²) in [4.78, 5) is 34.5. The van der Waals surface area contributed by atoms with Crippen LogP contribution >= 0.6 is 0 Å². The Morgan fingerprint density at radius 2 is 1.84 bits per heavy atom. The van der Waals surface area contributed by atoms with Gasteiger partial charge in [0.25, 0.3) is 5.91 Å². The summed E-state index contributed by atoms with van der Waals surface area (Å²) < 4.78 is 5.28. The third-order valence-corrected chi connectivity index (χ3v) is 3.56. The number of carbonyl (C=O) groups is 3. The van der Waals surface area contributed by atoms with E-state index in [0.717, 1.165) is 0 Å². The van der Waals surface area contributed by atoms with E-state index in [0.29, 0.717) is 30.0 Å². The molecule has 0 radical (unpaired) electrons. The highest BCUT2D eigenvalue weighted by Gasteiger charge is 2.14. The van der Waals surface area contributed by atoms with Gasteiger partial charge < -0.3 is 20.2 Å². The van der Waals surface area contributed by atoms with E-state index >= 15 is 0 Å². The molecule has 0 atom stereocenters. The van der Waals surface area contributed by atoms with Gasteiger partial charge >= 0.3 is 5.97 Å². The summed E-state index contributed by atoms with van der Waals surface area (Å²) in [5.41, 5.74) is 0.669. The minimum Gasteiger partial charge on any atom is -0.478 e. The predicted octanol–water partition coefficient (Wildman–Crippen LogP) is 2.11. The molecule has 0 saturated carbocycles. The van der Waals surface area contributed by atoms with E-state index in [1.165, 1.54) is 6.07 Å². The van der Waals surface area contributed by atoms with E-state index in [2.05, 4.69) is 10.6 Å². The maximum atomic E-state index is 11.8. The van der Waals surface area contributed by atoms with Crippen molar-refractivity contribution in [2.75, 3.05) is 6.54 Å². The normalized spacial score (nSPS) is 10.3. The molecule has 0 saturated heterocycles. The fourth-order valence-corrected chi connectivity index (χ4v) is 2.26. The first-order valence-electron chi connectivity index (χ1n) is 7.90. The number of carbonyl (C=O) groups excluding carboxylic acids is 2. The van der Waals surface area contributed by atoms with Gasteiger partial charge in [-0.05, 0) is 31.5 Å². The Morgan fingerprint density at radius 1 is 1.12 bits per heavy atom. The second kappa shape index (κ2) is 8.68. The zero-order valence-corrected chi connectivity index (χ0v) is 13.9. The zero-order valence-electron chi connectivity index (χ0n) is 13.9. The maximum Gasteiger partial charge on any atom is 0.339 e. The molecule has 0 fully saturated rings. The number of nitrogens with one attached hydrogen (secondary N) is 2. The first-order chi connectivity index (χ1) is 12.0. The molecule has 7 nitrogen and oxygen atoms in total. The number of hydrogen-bond donors (Lipinski definition) is 3. The third-order valence-electron chi connectivity index (χ3n) is 3.56. The summed E-state index contributed by atoms with van der Waals surface area (Å²) in [5.74, 6) is -0.734. The topological polar surface area (TPSA) is 109 Å². The molecule has 0 aliphatic carbocycles. The summed E-state index contributed by atoms with van der Waals surface area (Å²) in [6.45, 7) is 2.08. The van der Waals surface area contributed by atoms with Gasteiger partial charge in [0.05, 0.1) is 6.54 Å². The maximum absolute atomic E-state index is 11.8. The van der Waals surface area contributed by atoms with Crippen molar-refractivity contribution >= 4 is 17.8 Å². The molecule has 0 aliphatic rings. The Labute approximate surface area is 145 Å². The van der Waals surface area contributed by atoms with Crippen molar-refractivity contribution in [3.63, 3.8) is 0 Å². The molecule has 0 unspecified atom stereocenters. The highest BCUT2D eigenvalue weighted by Crippen LogP contribution is 2.14. The highest BCUT2D eigenvalue weighted by molar-refractivity contribution is 5.94.